The average Bonchev–Trinajstić information content (AvgIpc) is 2.53. The van der Waals surface area contributed by atoms with Gasteiger partial charge in [-0.3, -0.25) is 4.99 Å². The number of aliphatic imine (C=N–C) groups is 1. The number of hydrogen-bond donors (Lipinski definition) is 3. The predicted molar refractivity (Wildman–Crippen MR) is 120 cm³/mol. The number of nitrogens with zero attached hydrogens (tertiary/aromatic N) is 1. The van der Waals surface area contributed by atoms with Crippen molar-refractivity contribution < 1.29 is 23.0 Å². The summed E-state index contributed by atoms with van der Waals surface area (Å²) in [6.07, 6.45) is -0.503. The Bertz CT molecular complexity index is 695. The van der Waals surface area contributed by atoms with Gasteiger partial charge in [0, 0.05) is 19.7 Å². The second kappa shape index (κ2) is 12.0. The molecule has 0 heterocycles. The third-order valence-corrected chi connectivity index (χ3v) is 3.31. The fourth-order valence-corrected chi connectivity index (χ4v) is 2.07. The number of benzene rings is 1. The van der Waals surface area contributed by atoms with Crippen LogP contribution in [0.5, 0.6) is 5.75 Å². The normalized spacial score (nSPS) is 11.9. The van der Waals surface area contributed by atoms with Crippen LogP contribution in [0.1, 0.15) is 34.6 Å². The topological polar surface area (TPSA) is 84.0 Å². The second-order valence-corrected chi connectivity index (χ2v) is 7.79. The van der Waals surface area contributed by atoms with Crippen LogP contribution in [0, 0.1) is 11.6 Å². The number of guanidine groups is 1. The van der Waals surface area contributed by atoms with Gasteiger partial charge >= 0.3 is 6.09 Å². The third-order valence-electron chi connectivity index (χ3n) is 3.31. The lowest BCUT2D eigenvalue weighted by Crippen LogP contribution is -2.54. The van der Waals surface area contributed by atoms with Gasteiger partial charge in [-0.25, -0.2) is 13.6 Å². The van der Waals surface area contributed by atoms with Crippen molar-refractivity contribution >= 4 is 36.0 Å². The Morgan fingerprint density at radius 1 is 1.14 bits per heavy atom. The first-order chi connectivity index (χ1) is 12.9. The number of carbonyl (C=O) groups excluding carboxylic acids is 1. The van der Waals surface area contributed by atoms with Crippen LogP contribution in [0.25, 0.3) is 0 Å². The highest BCUT2D eigenvalue weighted by atomic mass is 127. The van der Waals surface area contributed by atoms with E-state index in [0.29, 0.717) is 19.0 Å². The number of hydrogen-bond acceptors (Lipinski definition) is 4. The van der Waals surface area contributed by atoms with Gasteiger partial charge in [0.15, 0.2) is 17.5 Å². The number of halogens is 3. The molecule has 0 bridgehead atoms. The van der Waals surface area contributed by atoms with Crippen molar-refractivity contribution in [3.8, 4) is 5.75 Å². The lowest BCUT2D eigenvalue weighted by molar-refractivity contribution is 0.0474. The van der Waals surface area contributed by atoms with Crippen LogP contribution in [-0.4, -0.2) is 49.9 Å². The highest BCUT2D eigenvalue weighted by Crippen LogP contribution is 2.17. The molecular formula is C19H31F2IN4O3. The molecule has 0 saturated carbocycles. The summed E-state index contributed by atoms with van der Waals surface area (Å²) >= 11 is 0. The standard InChI is InChI=1S/C19H30F2N4O3.HI/c1-18(2,3)28-17(26)25-19(4,5)12-24-16(22-6)23-9-10-27-15-8-7-13(20)11-14(15)21;/h7-8,11H,9-10,12H2,1-6H3,(H,25,26)(H2,22,23,24);1H. The molecule has 0 aliphatic heterocycles. The van der Waals surface area contributed by atoms with E-state index in [0.717, 1.165) is 12.1 Å². The fraction of sp³-hybridized carbons (Fsp3) is 0.579. The number of amides is 1. The molecule has 0 aromatic heterocycles. The molecule has 1 aromatic rings. The van der Waals surface area contributed by atoms with Crippen LogP contribution in [0.4, 0.5) is 13.6 Å². The first kappa shape index (κ1) is 27.1. The van der Waals surface area contributed by atoms with E-state index in [1.54, 1.807) is 27.8 Å². The number of nitrogens with one attached hydrogen (secondary N) is 3. The van der Waals surface area contributed by atoms with Crippen molar-refractivity contribution in [2.45, 2.75) is 45.8 Å². The largest absolute Gasteiger partial charge is 0.489 e. The number of rotatable bonds is 7. The van der Waals surface area contributed by atoms with Crippen molar-refractivity contribution in [2.75, 3.05) is 26.7 Å². The zero-order chi connectivity index (χ0) is 21.4. The smallest absolute Gasteiger partial charge is 0.408 e. The van der Waals surface area contributed by atoms with E-state index < -0.39 is 28.9 Å². The van der Waals surface area contributed by atoms with Gasteiger partial charge in [-0.2, -0.15) is 0 Å². The SMILES string of the molecule is CN=C(NCCOc1ccc(F)cc1F)NCC(C)(C)NC(=O)OC(C)(C)C.I. The summed E-state index contributed by atoms with van der Waals surface area (Å²) in [6.45, 7) is 9.96. The molecule has 0 fully saturated rings. The third kappa shape index (κ3) is 11.7. The summed E-state index contributed by atoms with van der Waals surface area (Å²) in [5, 5.41) is 8.88. The van der Waals surface area contributed by atoms with Crippen LogP contribution < -0.4 is 20.7 Å². The Hall–Kier alpha value is -1.85. The molecule has 7 nitrogen and oxygen atoms in total. The summed E-state index contributed by atoms with van der Waals surface area (Å²) in [7, 11) is 1.60. The Morgan fingerprint density at radius 3 is 2.34 bits per heavy atom. The molecular weight excluding hydrogens is 497 g/mol. The van der Waals surface area contributed by atoms with Gasteiger partial charge in [-0.1, -0.05) is 0 Å². The van der Waals surface area contributed by atoms with E-state index in [-0.39, 0.29) is 36.3 Å². The van der Waals surface area contributed by atoms with Crippen molar-refractivity contribution in [3.05, 3.63) is 29.8 Å². The summed E-state index contributed by atoms with van der Waals surface area (Å²) in [5.74, 6) is -0.941. The monoisotopic (exact) mass is 528 g/mol. The molecule has 10 heteroatoms. The van der Waals surface area contributed by atoms with E-state index in [1.807, 2.05) is 13.8 Å². The number of carbonyl (C=O) groups is 1. The second-order valence-electron chi connectivity index (χ2n) is 7.79. The maximum atomic E-state index is 13.5. The highest BCUT2D eigenvalue weighted by molar-refractivity contribution is 14.0. The van der Waals surface area contributed by atoms with Gasteiger partial charge in [0.25, 0.3) is 0 Å². The van der Waals surface area contributed by atoms with Crippen LogP contribution in [0.15, 0.2) is 23.2 Å². The van der Waals surface area contributed by atoms with Gasteiger partial charge in [-0.05, 0) is 46.8 Å². The zero-order valence-electron chi connectivity index (χ0n) is 17.7. The molecule has 0 atom stereocenters. The van der Waals surface area contributed by atoms with Crippen molar-refractivity contribution in [2.24, 2.45) is 4.99 Å². The zero-order valence-corrected chi connectivity index (χ0v) is 20.0. The first-order valence-corrected chi connectivity index (χ1v) is 8.95. The van der Waals surface area contributed by atoms with Gasteiger partial charge in [0.05, 0.1) is 12.1 Å². The molecule has 3 N–H and O–H groups in total. The summed E-state index contributed by atoms with van der Waals surface area (Å²) in [4.78, 5) is 16.0. The first-order valence-electron chi connectivity index (χ1n) is 8.95. The average molecular weight is 528 g/mol. The van der Waals surface area contributed by atoms with Crippen LogP contribution in [-0.2, 0) is 4.74 Å². The molecule has 0 aliphatic rings. The molecule has 0 aliphatic carbocycles. The van der Waals surface area contributed by atoms with Crippen LogP contribution in [0.2, 0.25) is 0 Å². The van der Waals surface area contributed by atoms with Gasteiger partial charge < -0.3 is 25.4 Å². The molecule has 0 saturated heterocycles. The van der Waals surface area contributed by atoms with E-state index in [9.17, 15) is 13.6 Å². The predicted octanol–water partition coefficient (Wildman–Crippen LogP) is 3.43. The van der Waals surface area contributed by atoms with Crippen molar-refractivity contribution in [1.29, 1.82) is 0 Å². The molecule has 0 spiro atoms. The van der Waals surface area contributed by atoms with Crippen LogP contribution in [0.3, 0.4) is 0 Å². The minimum atomic E-state index is -0.752. The molecule has 29 heavy (non-hydrogen) atoms. The fourth-order valence-electron chi connectivity index (χ4n) is 2.07. The minimum absolute atomic E-state index is 0. The minimum Gasteiger partial charge on any atom is -0.489 e. The maximum absolute atomic E-state index is 13.5. The quantitative estimate of drug-likeness (QED) is 0.219. The Balaban J connectivity index is 0.00000784. The molecule has 166 valence electrons. The van der Waals surface area contributed by atoms with E-state index in [4.69, 9.17) is 9.47 Å². The van der Waals surface area contributed by atoms with E-state index >= 15 is 0 Å². The number of alkyl carbamates (subject to hydrolysis) is 1. The van der Waals surface area contributed by atoms with Gasteiger partial charge in [0.1, 0.15) is 18.0 Å². The maximum Gasteiger partial charge on any atom is 0.408 e. The lowest BCUT2D eigenvalue weighted by atomic mass is 10.1. The van der Waals surface area contributed by atoms with Crippen LogP contribution >= 0.6 is 24.0 Å². The van der Waals surface area contributed by atoms with E-state index in [1.165, 1.54) is 6.07 Å². The van der Waals surface area contributed by atoms with E-state index in [2.05, 4.69) is 20.9 Å². The summed E-state index contributed by atoms with van der Waals surface area (Å²) in [5.41, 5.74) is -1.16. The summed E-state index contributed by atoms with van der Waals surface area (Å²) < 4.78 is 36.9. The van der Waals surface area contributed by atoms with Crippen molar-refractivity contribution in [3.63, 3.8) is 0 Å². The van der Waals surface area contributed by atoms with Gasteiger partial charge in [0.2, 0.25) is 0 Å². The molecule has 1 rings (SSSR count). The lowest BCUT2D eigenvalue weighted by Gasteiger charge is -2.29. The highest BCUT2D eigenvalue weighted by Gasteiger charge is 2.24. The Morgan fingerprint density at radius 2 is 1.79 bits per heavy atom. The molecule has 0 radical (unpaired) electrons. The molecule has 1 amide bonds. The Labute approximate surface area is 188 Å². The van der Waals surface area contributed by atoms with Gasteiger partial charge in [-0.15, -0.1) is 24.0 Å². The number of ether oxygens (including phenoxy) is 2. The molecule has 0 unspecified atom stereocenters. The van der Waals surface area contributed by atoms with Crippen molar-refractivity contribution in [1.82, 2.24) is 16.0 Å². The summed E-state index contributed by atoms with van der Waals surface area (Å²) in [6, 6.07) is 3.14. The molecule has 1 aromatic carbocycles. The Kier molecular flexibility index (Phi) is 11.2.